The molecule has 124 valence electrons. The monoisotopic (exact) mass is 363 g/mol. The fraction of sp³-hybridized carbons (Fsp3) is 0.188. The van der Waals surface area contributed by atoms with E-state index in [9.17, 15) is 4.79 Å². The first-order valence-electron chi connectivity index (χ1n) is 7.17. The van der Waals surface area contributed by atoms with E-state index in [0.29, 0.717) is 21.9 Å². The number of carbonyl (C=O) groups excluding carboxylic acids is 1. The third kappa shape index (κ3) is 4.18. The second kappa shape index (κ2) is 7.55. The molecular formula is C16H14ClN3O3S. The van der Waals surface area contributed by atoms with E-state index in [2.05, 4.69) is 15.5 Å². The second-order valence-electron chi connectivity index (χ2n) is 4.97. The molecule has 2 heterocycles. The van der Waals surface area contributed by atoms with Gasteiger partial charge in [-0.1, -0.05) is 23.4 Å². The Morgan fingerprint density at radius 1 is 1.29 bits per heavy atom. The second-order valence-corrected chi connectivity index (χ2v) is 6.34. The molecule has 1 atom stereocenters. The predicted octanol–water partition coefficient (Wildman–Crippen LogP) is 3.95. The van der Waals surface area contributed by atoms with Crippen LogP contribution in [0.2, 0.25) is 5.02 Å². The average Bonchev–Trinajstić information content (AvgIpc) is 3.25. The van der Waals surface area contributed by atoms with Crippen LogP contribution >= 0.6 is 23.4 Å². The SMILES string of the molecule is C[C@H](NC(=O)CSc1nnc(-c2ccc(Cl)cc2)o1)c1ccco1. The zero-order valence-electron chi connectivity index (χ0n) is 12.7. The number of nitrogens with one attached hydrogen (secondary N) is 1. The van der Waals surface area contributed by atoms with Crippen LogP contribution in [0.4, 0.5) is 0 Å². The summed E-state index contributed by atoms with van der Waals surface area (Å²) in [6.45, 7) is 1.85. The summed E-state index contributed by atoms with van der Waals surface area (Å²) in [7, 11) is 0. The molecule has 8 heteroatoms. The van der Waals surface area contributed by atoms with Gasteiger partial charge in [-0.3, -0.25) is 4.79 Å². The van der Waals surface area contributed by atoms with Gasteiger partial charge in [-0.05, 0) is 43.3 Å². The maximum atomic E-state index is 12.0. The van der Waals surface area contributed by atoms with E-state index in [0.717, 1.165) is 5.56 Å². The number of nitrogens with zero attached hydrogens (tertiary/aromatic N) is 2. The Kier molecular flexibility index (Phi) is 5.22. The van der Waals surface area contributed by atoms with Gasteiger partial charge in [0.2, 0.25) is 11.8 Å². The number of amides is 1. The van der Waals surface area contributed by atoms with Crippen molar-refractivity contribution < 1.29 is 13.6 Å². The van der Waals surface area contributed by atoms with Crippen molar-refractivity contribution in [2.75, 3.05) is 5.75 Å². The Hall–Kier alpha value is -2.25. The van der Waals surface area contributed by atoms with Crippen molar-refractivity contribution in [3.05, 3.63) is 53.4 Å². The van der Waals surface area contributed by atoms with Crippen LogP contribution in [-0.2, 0) is 4.79 Å². The number of carbonyl (C=O) groups is 1. The van der Waals surface area contributed by atoms with Gasteiger partial charge >= 0.3 is 0 Å². The number of benzene rings is 1. The van der Waals surface area contributed by atoms with Gasteiger partial charge in [0, 0.05) is 10.6 Å². The number of furan rings is 1. The Morgan fingerprint density at radius 2 is 2.08 bits per heavy atom. The van der Waals surface area contributed by atoms with Gasteiger partial charge in [0.1, 0.15) is 5.76 Å². The van der Waals surface area contributed by atoms with Crippen LogP contribution < -0.4 is 5.32 Å². The molecule has 1 amide bonds. The summed E-state index contributed by atoms with van der Waals surface area (Å²) < 4.78 is 10.8. The molecule has 0 aliphatic heterocycles. The summed E-state index contributed by atoms with van der Waals surface area (Å²) in [6.07, 6.45) is 1.57. The zero-order chi connectivity index (χ0) is 16.9. The number of thioether (sulfide) groups is 1. The van der Waals surface area contributed by atoms with Crippen molar-refractivity contribution in [3.63, 3.8) is 0 Å². The fourth-order valence-corrected chi connectivity index (χ4v) is 2.70. The summed E-state index contributed by atoms with van der Waals surface area (Å²) in [5.41, 5.74) is 0.773. The van der Waals surface area contributed by atoms with Gasteiger partial charge in [-0.25, -0.2) is 0 Å². The van der Waals surface area contributed by atoms with Gasteiger partial charge in [0.15, 0.2) is 0 Å². The van der Waals surface area contributed by atoms with E-state index in [1.54, 1.807) is 36.6 Å². The predicted molar refractivity (Wildman–Crippen MR) is 90.7 cm³/mol. The molecule has 1 N–H and O–H groups in total. The number of rotatable bonds is 6. The molecule has 6 nitrogen and oxygen atoms in total. The van der Waals surface area contributed by atoms with E-state index in [-0.39, 0.29) is 17.7 Å². The fourth-order valence-electron chi connectivity index (χ4n) is 2.00. The third-order valence-corrected chi connectivity index (χ3v) is 4.24. The summed E-state index contributed by atoms with van der Waals surface area (Å²) >= 11 is 7.02. The maximum absolute atomic E-state index is 12.0. The molecule has 0 fully saturated rings. The lowest BCUT2D eigenvalue weighted by Crippen LogP contribution is -2.27. The van der Waals surface area contributed by atoms with Crippen LogP contribution in [-0.4, -0.2) is 21.9 Å². The standard InChI is InChI=1S/C16H14ClN3O3S/c1-10(13-3-2-8-22-13)18-14(21)9-24-16-20-19-15(23-16)11-4-6-12(17)7-5-11/h2-8,10H,9H2,1H3,(H,18,21)/t10-/m0/s1. The molecule has 0 bridgehead atoms. The van der Waals surface area contributed by atoms with E-state index in [1.807, 2.05) is 13.0 Å². The van der Waals surface area contributed by atoms with Gasteiger partial charge in [-0.15, -0.1) is 10.2 Å². The number of hydrogen-bond acceptors (Lipinski definition) is 6. The quantitative estimate of drug-likeness (QED) is 0.668. The van der Waals surface area contributed by atoms with E-state index in [1.165, 1.54) is 11.8 Å². The first-order chi connectivity index (χ1) is 11.6. The highest BCUT2D eigenvalue weighted by atomic mass is 35.5. The van der Waals surface area contributed by atoms with Crippen molar-refractivity contribution in [1.82, 2.24) is 15.5 Å². The molecule has 0 unspecified atom stereocenters. The number of aromatic nitrogens is 2. The van der Waals surface area contributed by atoms with Crippen molar-refractivity contribution in [1.29, 1.82) is 0 Å². The molecule has 0 aliphatic rings. The van der Waals surface area contributed by atoms with Crippen LogP contribution in [0, 0.1) is 0 Å². The number of halogens is 1. The van der Waals surface area contributed by atoms with Crippen LogP contribution in [0.15, 0.2) is 56.7 Å². The first kappa shape index (κ1) is 16.6. The Morgan fingerprint density at radius 3 is 2.79 bits per heavy atom. The van der Waals surface area contributed by atoms with Crippen LogP contribution in [0.1, 0.15) is 18.7 Å². The summed E-state index contributed by atoms with van der Waals surface area (Å²) in [5.74, 6) is 1.12. The van der Waals surface area contributed by atoms with Crippen LogP contribution in [0.3, 0.4) is 0 Å². The minimum atomic E-state index is -0.194. The molecule has 2 aromatic heterocycles. The topological polar surface area (TPSA) is 81.2 Å². The minimum Gasteiger partial charge on any atom is -0.467 e. The van der Waals surface area contributed by atoms with Gasteiger partial charge < -0.3 is 14.2 Å². The van der Waals surface area contributed by atoms with Crippen LogP contribution in [0.25, 0.3) is 11.5 Å². The van der Waals surface area contributed by atoms with Gasteiger partial charge in [0.05, 0.1) is 18.1 Å². The van der Waals surface area contributed by atoms with E-state index >= 15 is 0 Å². The molecule has 0 radical (unpaired) electrons. The summed E-state index contributed by atoms with van der Waals surface area (Å²) in [6, 6.07) is 10.5. The van der Waals surface area contributed by atoms with Crippen molar-refractivity contribution in [2.24, 2.45) is 0 Å². The molecule has 24 heavy (non-hydrogen) atoms. The first-order valence-corrected chi connectivity index (χ1v) is 8.53. The highest BCUT2D eigenvalue weighted by molar-refractivity contribution is 7.99. The Balaban J connectivity index is 1.53. The molecule has 3 rings (SSSR count). The van der Waals surface area contributed by atoms with Crippen LogP contribution in [0.5, 0.6) is 0 Å². The molecule has 0 spiro atoms. The van der Waals surface area contributed by atoms with Gasteiger partial charge in [0.25, 0.3) is 5.22 Å². The minimum absolute atomic E-state index is 0.143. The van der Waals surface area contributed by atoms with Crippen molar-refractivity contribution in [2.45, 2.75) is 18.2 Å². The normalized spacial score (nSPS) is 12.1. The Labute approximate surface area is 147 Å². The summed E-state index contributed by atoms with van der Waals surface area (Å²) in [4.78, 5) is 12.0. The van der Waals surface area contributed by atoms with Gasteiger partial charge in [-0.2, -0.15) is 0 Å². The molecule has 0 saturated heterocycles. The average molecular weight is 364 g/mol. The number of hydrogen-bond donors (Lipinski definition) is 1. The highest BCUT2D eigenvalue weighted by Gasteiger charge is 2.14. The maximum Gasteiger partial charge on any atom is 0.277 e. The lowest BCUT2D eigenvalue weighted by atomic mass is 10.2. The molecule has 0 aliphatic carbocycles. The van der Waals surface area contributed by atoms with E-state index < -0.39 is 0 Å². The lowest BCUT2D eigenvalue weighted by molar-refractivity contribution is -0.119. The highest BCUT2D eigenvalue weighted by Crippen LogP contribution is 2.24. The summed E-state index contributed by atoms with van der Waals surface area (Å²) in [5, 5.41) is 11.7. The lowest BCUT2D eigenvalue weighted by Gasteiger charge is -2.10. The molecule has 0 saturated carbocycles. The third-order valence-electron chi connectivity index (χ3n) is 3.17. The smallest absolute Gasteiger partial charge is 0.277 e. The largest absolute Gasteiger partial charge is 0.467 e. The van der Waals surface area contributed by atoms with E-state index in [4.69, 9.17) is 20.4 Å². The molecule has 3 aromatic rings. The van der Waals surface area contributed by atoms with Crippen molar-refractivity contribution >= 4 is 29.3 Å². The van der Waals surface area contributed by atoms with Crippen molar-refractivity contribution in [3.8, 4) is 11.5 Å². The Bertz CT molecular complexity index is 802. The molecule has 1 aromatic carbocycles. The molecular weight excluding hydrogens is 350 g/mol. The zero-order valence-corrected chi connectivity index (χ0v) is 14.3.